The summed E-state index contributed by atoms with van der Waals surface area (Å²) >= 11 is 0. The van der Waals surface area contributed by atoms with Crippen molar-refractivity contribution >= 4 is 11.6 Å². The molecule has 2 aromatic heterocycles. The van der Waals surface area contributed by atoms with Gasteiger partial charge in [-0.2, -0.15) is 0 Å². The Bertz CT molecular complexity index is 527. The van der Waals surface area contributed by atoms with Gasteiger partial charge in [0.15, 0.2) is 0 Å². The van der Waals surface area contributed by atoms with E-state index in [2.05, 4.69) is 39.4 Å². The monoisotopic (exact) mass is 271 g/mol. The quantitative estimate of drug-likeness (QED) is 0.810. The standard InChI is InChI=1S/C15H21N5/c1-3-5-13-14(17-4-2)19-11-20-15(13)18-10-12-6-8-16-9-7-12/h6-9,11H,3-5,10H2,1-2H3,(H2,17,18,19,20). The predicted octanol–water partition coefficient (Wildman–Crippen LogP) is 2.87. The van der Waals surface area contributed by atoms with Crippen molar-refractivity contribution in [3.05, 3.63) is 42.0 Å². The van der Waals surface area contributed by atoms with Crippen LogP contribution in [0.5, 0.6) is 0 Å². The number of aromatic nitrogens is 3. The lowest BCUT2D eigenvalue weighted by molar-refractivity contribution is 0.895. The molecule has 0 spiro atoms. The predicted molar refractivity (Wildman–Crippen MR) is 81.8 cm³/mol. The molecule has 0 unspecified atom stereocenters. The molecular formula is C15H21N5. The minimum Gasteiger partial charge on any atom is -0.370 e. The summed E-state index contributed by atoms with van der Waals surface area (Å²) in [6.07, 6.45) is 7.23. The van der Waals surface area contributed by atoms with Crippen molar-refractivity contribution in [2.24, 2.45) is 0 Å². The van der Waals surface area contributed by atoms with Crippen LogP contribution in [-0.2, 0) is 13.0 Å². The van der Waals surface area contributed by atoms with Gasteiger partial charge in [-0.05, 0) is 31.0 Å². The average molecular weight is 271 g/mol. The number of nitrogens with zero attached hydrogens (tertiary/aromatic N) is 3. The molecule has 0 saturated heterocycles. The summed E-state index contributed by atoms with van der Waals surface area (Å²) < 4.78 is 0. The van der Waals surface area contributed by atoms with Crippen molar-refractivity contribution < 1.29 is 0 Å². The van der Waals surface area contributed by atoms with E-state index in [-0.39, 0.29) is 0 Å². The van der Waals surface area contributed by atoms with Crippen LogP contribution in [0.15, 0.2) is 30.9 Å². The Morgan fingerprint density at radius 3 is 2.35 bits per heavy atom. The fourth-order valence-electron chi connectivity index (χ4n) is 2.06. The van der Waals surface area contributed by atoms with Crippen molar-refractivity contribution in [3.8, 4) is 0 Å². The number of hydrogen-bond acceptors (Lipinski definition) is 5. The molecule has 0 radical (unpaired) electrons. The lowest BCUT2D eigenvalue weighted by atomic mass is 10.1. The topological polar surface area (TPSA) is 62.7 Å². The molecule has 20 heavy (non-hydrogen) atoms. The van der Waals surface area contributed by atoms with E-state index in [1.807, 2.05) is 12.1 Å². The highest BCUT2D eigenvalue weighted by molar-refractivity contribution is 5.57. The molecule has 0 aliphatic carbocycles. The molecule has 0 fully saturated rings. The molecule has 0 saturated carbocycles. The first kappa shape index (κ1) is 14.2. The van der Waals surface area contributed by atoms with Crippen molar-refractivity contribution in [2.45, 2.75) is 33.2 Å². The van der Waals surface area contributed by atoms with Gasteiger partial charge in [-0.25, -0.2) is 9.97 Å². The van der Waals surface area contributed by atoms with Crippen molar-refractivity contribution in [3.63, 3.8) is 0 Å². The van der Waals surface area contributed by atoms with Crippen LogP contribution < -0.4 is 10.6 Å². The normalized spacial score (nSPS) is 10.3. The van der Waals surface area contributed by atoms with E-state index in [9.17, 15) is 0 Å². The van der Waals surface area contributed by atoms with Gasteiger partial charge in [0, 0.05) is 31.0 Å². The zero-order chi connectivity index (χ0) is 14.2. The highest BCUT2D eigenvalue weighted by Gasteiger charge is 2.09. The van der Waals surface area contributed by atoms with Gasteiger partial charge in [0.1, 0.15) is 18.0 Å². The van der Waals surface area contributed by atoms with Crippen molar-refractivity contribution in [1.29, 1.82) is 0 Å². The fraction of sp³-hybridized carbons (Fsp3) is 0.400. The third-order valence-electron chi connectivity index (χ3n) is 3.00. The third kappa shape index (κ3) is 3.66. The zero-order valence-electron chi connectivity index (χ0n) is 12.1. The second kappa shape index (κ2) is 7.43. The van der Waals surface area contributed by atoms with Gasteiger partial charge in [-0.1, -0.05) is 13.3 Å². The second-order valence-electron chi connectivity index (χ2n) is 4.54. The van der Waals surface area contributed by atoms with Gasteiger partial charge in [0.05, 0.1) is 0 Å². The summed E-state index contributed by atoms with van der Waals surface area (Å²) in [5.74, 6) is 1.84. The second-order valence-corrected chi connectivity index (χ2v) is 4.54. The number of anilines is 2. The maximum Gasteiger partial charge on any atom is 0.134 e. The lowest BCUT2D eigenvalue weighted by Gasteiger charge is -2.14. The van der Waals surface area contributed by atoms with E-state index >= 15 is 0 Å². The van der Waals surface area contributed by atoms with Crippen molar-refractivity contribution in [1.82, 2.24) is 15.0 Å². The van der Waals surface area contributed by atoms with E-state index in [0.717, 1.165) is 43.1 Å². The maximum absolute atomic E-state index is 4.38. The Balaban J connectivity index is 2.15. The van der Waals surface area contributed by atoms with Crippen LogP contribution >= 0.6 is 0 Å². The Labute approximate surface area is 119 Å². The smallest absolute Gasteiger partial charge is 0.134 e. The van der Waals surface area contributed by atoms with Crippen LogP contribution in [0.3, 0.4) is 0 Å². The number of nitrogens with one attached hydrogen (secondary N) is 2. The minimum absolute atomic E-state index is 0.738. The van der Waals surface area contributed by atoms with E-state index in [4.69, 9.17) is 0 Å². The summed E-state index contributed by atoms with van der Waals surface area (Å²) in [7, 11) is 0. The van der Waals surface area contributed by atoms with Gasteiger partial charge in [0.2, 0.25) is 0 Å². The van der Waals surface area contributed by atoms with Gasteiger partial charge in [0.25, 0.3) is 0 Å². The van der Waals surface area contributed by atoms with Gasteiger partial charge < -0.3 is 10.6 Å². The molecule has 0 aliphatic heterocycles. The van der Waals surface area contributed by atoms with Crippen molar-refractivity contribution in [2.75, 3.05) is 17.2 Å². The fourth-order valence-corrected chi connectivity index (χ4v) is 2.06. The van der Waals surface area contributed by atoms with E-state index in [1.165, 1.54) is 5.56 Å². The SMILES string of the molecule is CCCc1c(NCC)ncnc1NCc1ccncc1. The number of rotatable bonds is 7. The summed E-state index contributed by atoms with van der Waals surface area (Å²) in [5.41, 5.74) is 2.34. The van der Waals surface area contributed by atoms with Crippen LogP contribution in [-0.4, -0.2) is 21.5 Å². The van der Waals surface area contributed by atoms with Crippen LogP contribution in [0.25, 0.3) is 0 Å². The first-order chi connectivity index (χ1) is 9.85. The Kier molecular flexibility index (Phi) is 5.29. The summed E-state index contributed by atoms with van der Waals surface area (Å²) in [6.45, 7) is 5.83. The molecule has 5 heteroatoms. The Morgan fingerprint density at radius 1 is 1.00 bits per heavy atom. The number of hydrogen-bond donors (Lipinski definition) is 2. The summed E-state index contributed by atoms with van der Waals surface area (Å²) in [4.78, 5) is 12.7. The van der Waals surface area contributed by atoms with Gasteiger partial charge in [-0.3, -0.25) is 4.98 Å². The highest BCUT2D eigenvalue weighted by atomic mass is 15.1. The molecule has 0 bridgehead atoms. The van der Waals surface area contributed by atoms with Crippen LogP contribution in [0.2, 0.25) is 0 Å². The molecule has 0 amide bonds. The zero-order valence-corrected chi connectivity index (χ0v) is 12.1. The summed E-state index contributed by atoms with van der Waals surface area (Å²) in [6, 6.07) is 4.00. The highest BCUT2D eigenvalue weighted by Crippen LogP contribution is 2.22. The molecule has 2 aromatic rings. The summed E-state index contributed by atoms with van der Waals surface area (Å²) in [5, 5.41) is 6.69. The average Bonchev–Trinajstić information content (AvgIpc) is 2.49. The van der Waals surface area contributed by atoms with Gasteiger partial charge in [-0.15, -0.1) is 0 Å². The molecule has 0 aliphatic rings. The molecule has 0 aromatic carbocycles. The largest absolute Gasteiger partial charge is 0.370 e. The molecule has 2 N–H and O–H groups in total. The van der Waals surface area contributed by atoms with Crippen LogP contribution in [0.1, 0.15) is 31.4 Å². The molecule has 5 nitrogen and oxygen atoms in total. The molecule has 0 atom stereocenters. The first-order valence-corrected chi connectivity index (χ1v) is 7.05. The number of pyridine rings is 1. The Morgan fingerprint density at radius 2 is 1.70 bits per heavy atom. The molecular weight excluding hydrogens is 250 g/mol. The molecule has 2 heterocycles. The maximum atomic E-state index is 4.38. The Hall–Kier alpha value is -2.17. The van der Waals surface area contributed by atoms with Crippen LogP contribution in [0.4, 0.5) is 11.6 Å². The van der Waals surface area contributed by atoms with Gasteiger partial charge >= 0.3 is 0 Å². The van der Waals surface area contributed by atoms with E-state index in [0.29, 0.717) is 0 Å². The lowest BCUT2D eigenvalue weighted by Crippen LogP contribution is -2.10. The third-order valence-corrected chi connectivity index (χ3v) is 3.00. The minimum atomic E-state index is 0.738. The van der Waals surface area contributed by atoms with E-state index < -0.39 is 0 Å². The molecule has 106 valence electrons. The molecule has 2 rings (SSSR count). The van der Waals surface area contributed by atoms with E-state index in [1.54, 1.807) is 18.7 Å². The first-order valence-electron chi connectivity index (χ1n) is 7.05. The van der Waals surface area contributed by atoms with Crippen LogP contribution in [0, 0.1) is 0 Å².